The number of halogens is 2. The van der Waals surface area contributed by atoms with Gasteiger partial charge in [-0.15, -0.1) is 0 Å². The molecule has 3 aromatic rings. The van der Waals surface area contributed by atoms with E-state index in [1.54, 1.807) is 25.3 Å². The Hall–Kier alpha value is -2.12. The van der Waals surface area contributed by atoms with Crippen LogP contribution in [0.5, 0.6) is 0 Å². The lowest BCUT2D eigenvalue weighted by Gasteiger charge is -2.08. The standard InChI is InChI=1S/C19H17BrFN3OS/c1-12-3-8-16(15(21)9-12)23-18(25)11-26-19-22-10-17(24(19)2)13-4-6-14(20)7-5-13/h3-10H,11H2,1-2H3,(H,23,25). The van der Waals surface area contributed by atoms with Crippen LogP contribution in [-0.4, -0.2) is 21.2 Å². The lowest BCUT2D eigenvalue weighted by molar-refractivity contribution is -0.113. The van der Waals surface area contributed by atoms with Gasteiger partial charge >= 0.3 is 0 Å². The van der Waals surface area contributed by atoms with Crippen molar-refractivity contribution in [1.29, 1.82) is 0 Å². The highest BCUT2D eigenvalue weighted by Gasteiger charge is 2.12. The van der Waals surface area contributed by atoms with Crippen LogP contribution in [0.15, 0.2) is 58.3 Å². The Labute approximate surface area is 164 Å². The molecule has 0 saturated carbocycles. The predicted molar refractivity (Wildman–Crippen MR) is 107 cm³/mol. The van der Waals surface area contributed by atoms with Gasteiger partial charge in [-0.1, -0.05) is 45.9 Å². The first-order valence-corrected chi connectivity index (χ1v) is 9.68. The van der Waals surface area contributed by atoms with Crippen LogP contribution in [0.3, 0.4) is 0 Å². The lowest BCUT2D eigenvalue weighted by Crippen LogP contribution is -2.15. The zero-order valence-corrected chi connectivity index (χ0v) is 16.7. The Morgan fingerprint density at radius 3 is 2.69 bits per heavy atom. The zero-order valence-electron chi connectivity index (χ0n) is 14.3. The number of amides is 1. The highest BCUT2D eigenvalue weighted by Crippen LogP contribution is 2.26. The summed E-state index contributed by atoms with van der Waals surface area (Å²) >= 11 is 4.73. The molecule has 0 fully saturated rings. The molecule has 0 aliphatic rings. The van der Waals surface area contributed by atoms with Crippen molar-refractivity contribution in [3.63, 3.8) is 0 Å². The molecule has 0 saturated heterocycles. The van der Waals surface area contributed by atoms with Crippen molar-refractivity contribution in [2.24, 2.45) is 7.05 Å². The second-order valence-corrected chi connectivity index (χ2v) is 7.67. The van der Waals surface area contributed by atoms with Gasteiger partial charge in [0.05, 0.1) is 23.3 Å². The summed E-state index contributed by atoms with van der Waals surface area (Å²) in [5.41, 5.74) is 3.01. The van der Waals surface area contributed by atoms with E-state index in [1.807, 2.05) is 35.9 Å². The fraction of sp³-hybridized carbons (Fsp3) is 0.158. The molecule has 1 heterocycles. The molecule has 1 amide bonds. The average molecular weight is 434 g/mol. The number of aromatic nitrogens is 2. The number of imidazole rings is 1. The van der Waals surface area contributed by atoms with Gasteiger partial charge in [0.1, 0.15) is 5.82 Å². The molecule has 0 aliphatic carbocycles. The van der Waals surface area contributed by atoms with E-state index in [0.717, 1.165) is 26.4 Å². The van der Waals surface area contributed by atoms with E-state index in [2.05, 4.69) is 26.2 Å². The van der Waals surface area contributed by atoms with Crippen molar-refractivity contribution in [3.05, 3.63) is 64.5 Å². The molecule has 1 N–H and O–H groups in total. The molecule has 3 rings (SSSR count). The number of carbonyl (C=O) groups excluding carboxylic acids is 1. The molecule has 0 atom stereocenters. The summed E-state index contributed by atoms with van der Waals surface area (Å²) in [5, 5.41) is 3.32. The van der Waals surface area contributed by atoms with Crippen LogP contribution in [-0.2, 0) is 11.8 Å². The topological polar surface area (TPSA) is 46.9 Å². The molecule has 4 nitrogen and oxygen atoms in total. The van der Waals surface area contributed by atoms with E-state index in [-0.39, 0.29) is 17.3 Å². The van der Waals surface area contributed by atoms with Crippen LogP contribution in [0.25, 0.3) is 11.3 Å². The van der Waals surface area contributed by atoms with E-state index < -0.39 is 5.82 Å². The van der Waals surface area contributed by atoms with E-state index in [1.165, 1.54) is 17.8 Å². The Morgan fingerprint density at radius 1 is 1.27 bits per heavy atom. The molecule has 0 spiro atoms. The molecule has 0 unspecified atom stereocenters. The van der Waals surface area contributed by atoms with Gasteiger partial charge in [-0.3, -0.25) is 4.79 Å². The van der Waals surface area contributed by atoms with E-state index in [9.17, 15) is 9.18 Å². The number of carbonyl (C=O) groups is 1. The van der Waals surface area contributed by atoms with Gasteiger partial charge < -0.3 is 9.88 Å². The third kappa shape index (κ3) is 4.34. The zero-order chi connectivity index (χ0) is 18.7. The molecular formula is C19H17BrFN3OS. The Balaban J connectivity index is 1.64. The smallest absolute Gasteiger partial charge is 0.234 e. The number of hydrogen-bond acceptors (Lipinski definition) is 3. The summed E-state index contributed by atoms with van der Waals surface area (Å²) in [5.74, 6) is -0.554. The van der Waals surface area contributed by atoms with Gasteiger partial charge in [-0.25, -0.2) is 9.37 Å². The van der Waals surface area contributed by atoms with Crippen LogP contribution < -0.4 is 5.32 Å². The van der Waals surface area contributed by atoms with Crippen LogP contribution in [0.2, 0.25) is 0 Å². The van der Waals surface area contributed by atoms with Crippen LogP contribution in [0.1, 0.15) is 5.56 Å². The van der Waals surface area contributed by atoms with Crippen molar-refractivity contribution in [2.75, 3.05) is 11.1 Å². The maximum absolute atomic E-state index is 13.8. The highest BCUT2D eigenvalue weighted by atomic mass is 79.9. The van der Waals surface area contributed by atoms with Gasteiger partial charge in [0.15, 0.2) is 5.16 Å². The molecule has 0 radical (unpaired) electrons. The van der Waals surface area contributed by atoms with Crippen molar-refractivity contribution in [2.45, 2.75) is 12.1 Å². The molecule has 1 aromatic heterocycles. The SMILES string of the molecule is Cc1ccc(NC(=O)CSc2ncc(-c3ccc(Br)cc3)n2C)c(F)c1. The molecule has 2 aromatic carbocycles. The van der Waals surface area contributed by atoms with Crippen LogP contribution >= 0.6 is 27.7 Å². The number of rotatable bonds is 5. The molecule has 134 valence electrons. The summed E-state index contributed by atoms with van der Waals surface area (Å²) in [7, 11) is 1.91. The summed E-state index contributed by atoms with van der Waals surface area (Å²) in [4.78, 5) is 16.5. The van der Waals surface area contributed by atoms with E-state index in [0.29, 0.717) is 0 Å². The minimum Gasteiger partial charge on any atom is -0.323 e. The summed E-state index contributed by atoms with van der Waals surface area (Å²) in [6, 6.07) is 12.7. The lowest BCUT2D eigenvalue weighted by atomic mass is 10.2. The summed E-state index contributed by atoms with van der Waals surface area (Å²) < 4.78 is 16.8. The fourth-order valence-electron chi connectivity index (χ4n) is 2.45. The fourth-order valence-corrected chi connectivity index (χ4v) is 3.47. The Bertz CT molecular complexity index is 940. The number of anilines is 1. The minimum atomic E-state index is -0.433. The number of thioether (sulfide) groups is 1. The number of nitrogens with one attached hydrogen (secondary N) is 1. The second-order valence-electron chi connectivity index (χ2n) is 5.81. The maximum atomic E-state index is 13.8. The predicted octanol–water partition coefficient (Wildman–Crippen LogP) is 5.03. The average Bonchev–Trinajstić information content (AvgIpc) is 2.97. The molecule has 0 aliphatic heterocycles. The van der Waals surface area contributed by atoms with Gasteiger partial charge in [-0.2, -0.15) is 0 Å². The van der Waals surface area contributed by atoms with E-state index in [4.69, 9.17) is 0 Å². The number of aryl methyl sites for hydroxylation is 1. The maximum Gasteiger partial charge on any atom is 0.234 e. The third-order valence-electron chi connectivity index (χ3n) is 3.82. The van der Waals surface area contributed by atoms with Crippen molar-refractivity contribution < 1.29 is 9.18 Å². The first-order chi connectivity index (χ1) is 12.4. The quantitative estimate of drug-likeness (QED) is 0.574. The third-order valence-corrected chi connectivity index (χ3v) is 5.39. The van der Waals surface area contributed by atoms with Gasteiger partial charge in [0.25, 0.3) is 0 Å². The van der Waals surface area contributed by atoms with Crippen molar-refractivity contribution in [3.8, 4) is 11.3 Å². The van der Waals surface area contributed by atoms with Gasteiger partial charge in [-0.05, 0) is 42.3 Å². The summed E-state index contributed by atoms with van der Waals surface area (Å²) in [6.45, 7) is 1.80. The first kappa shape index (κ1) is 18.7. The van der Waals surface area contributed by atoms with Crippen molar-refractivity contribution >= 4 is 39.3 Å². The Kier molecular flexibility index (Phi) is 5.78. The minimum absolute atomic E-state index is 0.151. The molecule has 26 heavy (non-hydrogen) atoms. The largest absolute Gasteiger partial charge is 0.323 e. The second kappa shape index (κ2) is 8.05. The summed E-state index contributed by atoms with van der Waals surface area (Å²) in [6.07, 6.45) is 1.78. The number of benzene rings is 2. The van der Waals surface area contributed by atoms with Crippen LogP contribution in [0.4, 0.5) is 10.1 Å². The first-order valence-electron chi connectivity index (χ1n) is 7.90. The molecule has 7 heteroatoms. The molecule has 0 bridgehead atoms. The monoisotopic (exact) mass is 433 g/mol. The Morgan fingerprint density at radius 2 is 2.00 bits per heavy atom. The van der Waals surface area contributed by atoms with Gasteiger partial charge in [0, 0.05) is 11.5 Å². The number of hydrogen-bond donors (Lipinski definition) is 1. The van der Waals surface area contributed by atoms with Crippen molar-refractivity contribution in [1.82, 2.24) is 9.55 Å². The van der Waals surface area contributed by atoms with Gasteiger partial charge in [0.2, 0.25) is 5.91 Å². The van der Waals surface area contributed by atoms with E-state index >= 15 is 0 Å². The molecular weight excluding hydrogens is 417 g/mol. The normalized spacial score (nSPS) is 10.8. The van der Waals surface area contributed by atoms with Crippen LogP contribution in [0, 0.1) is 12.7 Å². The number of nitrogens with zero attached hydrogens (tertiary/aromatic N) is 2. The highest BCUT2D eigenvalue weighted by molar-refractivity contribution is 9.10.